The van der Waals surface area contributed by atoms with Crippen molar-refractivity contribution < 1.29 is 14.7 Å². The molecule has 1 aromatic carbocycles. The molecule has 2 heterocycles. The highest BCUT2D eigenvalue weighted by molar-refractivity contribution is 5.96. The van der Waals surface area contributed by atoms with Gasteiger partial charge in [-0.3, -0.25) is 9.59 Å². The Morgan fingerprint density at radius 1 is 1.05 bits per heavy atom. The number of aromatic nitrogens is 1. The molecule has 1 aliphatic heterocycles. The first-order valence-corrected chi connectivity index (χ1v) is 14.0. The van der Waals surface area contributed by atoms with Crippen LogP contribution in [0.5, 0.6) is 0 Å². The number of aliphatic hydroxyl groups is 1. The molecule has 1 amide bonds. The molecule has 5 aliphatic rings. The topological polar surface area (TPSA) is 85.8 Å². The molecular formula is C30H38N4O3. The molecule has 7 nitrogen and oxygen atoms in total. The number of benzene rings is 1. The van der Waals surface area contributed by atoms with Gasteiger partial charge in [-0.25, -0.2) is 4.98 Å². The number of nitrogens with one attached hydrogen (secondary N) is 1. The third-order valence-corrected chi connectivity index (χ3v) is 9.30. The minimum Gasteiger partial charge on any atom is -0.390 e. The van der Waals surface area contributed by atoms with Crippen molar-refractivity contribution in [2.24, 2.45) is 17.8 Å². The van der Waals surface area contributed by atoms with Crippen LogP contribution in [-0.2, 0) is 0 Å². The number of anilines is 2. The Hall–Kier alpha value is -2.93. The van der Waals surface area contributed by atoms with Gasteiger partial charge in [0, 0.05) is 49.4 Å². The molecule has 2 N–H and O–H groups in total. The largest absolute Gasteiger partial charge is 0.390 e. The first-order valence-electron chi connectivity index (χ1n) is 14.0. The van der Waals surface area contributed by atoms with E-state index >= 15 is 0 Å². The summed E-state index contributed by atoms with van der Waals surface area (Å²) >= 11 is 0. The van der Waals surface area contributed by atoms with E-state index in [1.54, 1.807) is 0 Å². The minimum absolute atomic E-state index is 0.0979. The minimum atomic E-state index is -0.497. The van der Waals surface area contributed by atoms with E-state index in [1.165, 1.54) is 0 Å². The summed E-state index contributed by atoms with van der Waals surface area (Å²) in [7, 11) is 0. The fourth-order valence-corrected chi connectivity index (χ4v) is 7.75. The maximum absolute atomic E-state index is 13.3. The summed E-state index contributed by atoms with van der Waals surface area (Å²) in [6, 6.07) is 14.0. The molecule has 1 saturated heterocycles. The third-order valence-electron chi connectivity index (χ3n) is 9.30. The number of rotatable bonds is 6. The summed E-state index contributed by atoms with van der Waals surface area (Å²) in [4.78, 5) is 34.6. The lowest BCUT2D eigenvalue weighted by atomic mass is 9.52. The van der Waals surface area contributed by atoms with Crippen molar-refractivity contribution in [1.82, 2.24) is 10.3 Å². The smallest absolute Gasteiger partial charge is 0.270 e. The van der Waals surface area contributed by atoms with Gasteiger partial charge >= 0.3 is 0 Å². The molecule has 4 aliphatic carbocycles. The average Bonchev–Trinajstić information content (AvgIpc) is 2.89. The van der Waals surface area contributed by atoms with E-state index < -0.39 is 5.60 Å². The predicted molar refractivity (Wildman–Crippen MR) is 144 cm³/mol. The lowest BCUT2D eigenvalue weighted by Crippen LogP contribution is -2.61. The molecule has 4 bridgehead atoms. The van der Waals surface area contributed by atoms with Crippen molar-refractivity contribution in [2.45, 2.75) is 70.1 Å². The van der Waals surface area contributed by atoms with Crippen molar-refractivity contribution in [3.63, 3.8) is 0 Å². The molecule has 3 unspecified atom stereocenters. The summed E-state index contributed by atoms with van der Waals surface area (Å²) < 4.78 is 0. The zero-order valence-electron chi connectivity index (χ0n) is 21.9. The second-order valence-electron chi connectivity index (χ2n) is 11.9. The first-order chi connectivity index (χ1) is 17.8. The Kier molecular flexibility index (Phi) is 6.22. The zero-order chi connectivity index (χ0) is 25.7. The molecule has 3 atom stereocenters. The van der Waals surface area contributed by atoms with Crippen molar-refractivity contribution in [1.29, 1.82) is 0 Å². The number of carbonyl (C=O) groups is 2. The van der Waals surface area contributed by atoms with Crippen LogP contribution in [0.25, 0.3) is 0 Å². The fourth-order valence-electron chi connectivity index (χ4n) is 7.75. The Morgan fingerprint density at radius 2 is 1.78 bits per heavy atom. The second-order valence-corrected chi connectivity index (χ2v) is 11.9. The molecule has 4 saturated carbocycles. The Morgan fingerprint density at radius 3 is 2.43 bits per heavy atom. The van der Waals surface area contributed by atoms with Crippen molar-refractivity contribution in [3.8, 4) is 0 Å². The van der Waals surface area contributed by atoms with Gasteiger partial charge in [-0.2, -0.15) is 0 Å². The number of ketones is 1. The predicted octanol–water partition coefficient (Wildman–Crippen LogP) is 4.06. The van der Waals surface area contributed by atoms with Crippen LogP contribution in [0.15, 0.2) is 42.5 Å². The van der Waals surface area contributed by atoms with Crippen molar-refractivity contribution >= 4 is 23.2 Å². The van der Waals surface area contributed by atoms with Crippen LogP contribution in [0, 0.1) is 17.8 Å². The molecule has 7 rings (SSSR count). The molecule has 7 heteroatoms. The highest BCUT2D eigenvalue weighted by Crippen LogP contribution is 2.55. The number of amides is 1. The normalized spacial score (nSPS) is 32.5. The number of carbonyl (C=O) groups excluding carboxylic acids is 2. The molecule has 0 radical (unpaired) electrons. The average molecular weight is 503 g/mol. The van der Waals surface area contributed by atoms with E-state index in [0.29, 0.717) is 29.9 Å². The van der Waals surface area contributed by atoms with Crippen LogP contribution in [0.1, 0.15) is 73.2 Å². The third kappa shape index (κ3) is 4.63. The van der Waals surface area contributed by atoms with E-state index in [1.807, 2.05) is 49.4 Å². The van der Waals surface area contributed by atoms with Gasteiger partial charge in [0.1, 0.15) is 11.5 Å². The van der Waals surface area contributed by atoms with Gasteiger partial charge in [0.25, 0.3) is 5.91 Å². The Bertz CT molecular complexity index is 1170. The van der Waals surface area contributed by atoms with E-state index in [4.69, 9.17) is 4.98 Å². The number of piperazine rings is 1. The van der Waals surface area contributed by atoms with Crippen LogP contribution in [0.3, 0.4) is 0 Å². The monoisotopic (exact) mass is 502 g/mol. The number of nitrogens with zero attached hydrogens (tertiary/aromatic N) is 3. The summed E-state index contributed by atoms with van der Waals surface area (Å²) in [6.07, 6.45) is 5.34. The lowest BCUT2D eigenvalue weighted by molar-refractivity contribution is -0.136. The van der Waals surface area contributed by atoms with Gasteiger partial charge in [-0.1, -0.05) is 13.0 Å². The highest BCUT2D eigenvalue weighted by Gasteiger charge is 2.55. The van der Waals surface area contributed by atoms with Gasteiger partial charge < -0.3 is 20.2 Å². The SMILES string of the molecule is CCC(=O)c1ccc(N2CCN(c3cccc(C(=O)NC4C5CC6CC4CC(O)(C6)C5)n3)C(C)C2)cc1. The Labute approximate surface area is 219 Å². The van der Waals surface area contributed by atoms with Crippen molar-refractivity contribution in [2.75, 3.05) is 29.4 Å². The van der Waals surface area contributed by atoms with E-state index in [0.717, 1.165) is 68.8 Å². The molecule has 37 heavy (non-hydrogen) atoms. The number of Topliss-reactive ketones (excluding diaryl/α,β-unsaturated/α-hetero) is 1. The maximum Gasteiger partial charge on any atom is 0.270 e. The quantitative estimate of drug-likeness (QED) is 0.580. The van der Waals surface area contributed by atoms with E-state index in [2.05, 4.69) is 22.0 Å². The second kappa shape index (κ2) is 9.43. The van der Waals surface area contributed by atoms with Crippen LogP contribution >= 0.6 is 0 Å². The standard InChI is InChI=1S/C30H38N4O3/c1-3-26(35)21-7-9-24(10-8-21)33-11-12-34(19(2)18-33)27-6-4-5-25(31-27)29(36)32-28-22-13-20-14-23(28)17-30(37,15-20)16-22/h4-10,19-20,22-23,28,37H,3,11-18H2,1-2H3,(H,32,36). The van der Waals surface area contributed by atoms with Crippen LogP contribution in [-0.4, -0.2) is 59.1 Å². The number of hydrogen-bond acceptors (Lipinski definition) is 6. The summed E-state index contributed by atoms with van der Waals surface area (Å²) in [5.74, 6) is 2.29. The highest BCUT2D eigenvalue weighted by atomic mass is 16.3. The van der Waals surface area contributed by atoms with Gasteiger partial charge in [0.15, 0.2) is 5.78 Å². The molecular weight excluding hydrogens is 464 g/mol. The summed E-state index contributed by atoms with van der Waals surface area (Å²) in [6.45, 7) is 6.57. The first kappa shape index (κ1) is 24.4. The molecule has 2 aromatic rings. The van der Waals surface area contributed by atoms with Gasteiger partial charge in [0.05, 0.1) is 5.60 Å². The van der Waals surface area contributed by atoms with Gasteiger partial charge in [0.2, 0.25) is 0 Å². The summed E-state index contributed by atoms with van der Waals surface area (Å²) in [5, 5.41) is 14.2. The van der Waals surface area contributed by atoms with Gasteiger partial charge in [-0.05, 0) is 93.2 Å². The van der Waals surface area contributed by atoms with Crippen LogP contribution in [0.4, 0.5) is 11.5 Å². The molecule has 0 spiro atoms. The van der Waals surface area contributed by atoms with Crippen molar-refractivity contribution in [3.05, 3.63) is 53.7 Å². The maximum atomic E-state index is 13.3. The van der Waals surface area contributed by atoms with Crippen LogP contribution in [0.2, 0.25) is 0 Å². The molecule has 1 aromatic heterocycles. The van der Waals surface area contributed by atoms with E-state index in [-0.39, 0.29) is 23.8 Å². The van der Waals surface area contributed by atoms with Crippen LogP contribution < -0.4 is 15.1 Å². The Balaban J connectivity index is 1.10. The number of hydrogen-bond donors (Lipinski definition) is 2. The fraction of sp³-hybridized carbons (Fsp3) is 0.567. The zero-order valence-corrected chi connectivity index (χ0v) is 21.9. The summed E-state index contributed by atoms with van der Waals surface area (Å²) in [5.41, 5.74) is 1.86. The van der Waals surface area contributed by atoms with Gasteiger partial charge in [-0.15, -0.1) is 0 Å². The molecule has 5 fully saturated rings. The lowest BCUT2D eigenvalue weighted by Gasteiger charge is -2.58. The van der Waals surface area contributed by atoms with E-state index in [9.17, 15) is 14.7 Å². The number of pyridine rings is 1. The molecule has 196 valence electrons.